The Bertz CT molecular complexity index is 493. The molecule has 2 unspecified atom stereocenters. The summed E-state index contributed by atoms with van der Waals surface area (Å²) in [7, 11) is 0. The highest BCUT2D eigenvalue weighted by Crippen LogP contribution is 2.31. The Hall–Kier alpha value is -1.82. The van der Waals surface area contributed by atoms with E-state index in [1.54, 1.807) is 13.0 Å². The molecule has 1 aliphatic heterocycles. The fraction of sp³-hybridized carbons (Fsp3) is 0.571. The maximum atomic E-state index is 12.0. The van der Waals surface area contributed by atoms with E-state index in [4.69, 9.17) is 10.5 Å². The van der Waals surface area contributed by atoms with Crippen molar-refractivity contribution in [3.8, 4) is 0 Å². The van der Waals surface area contributed by atoms with Crippen LogP contribution in [0.1, 0.15) is 30.6 Å². The molecule has 0 radical (unpaired) electrons. The van der Waals surface area contributed by atoms with Crippen molar-refractivity contribution in [2.75, 3.05) is 30.4 Å². The van der Waals surface area contributed by atoms with Gasteiger partial charge in [-0.1, -0.05) is 6.92 Å². The second-order valence-corrected chi connectivity index (χ2v) is 5.07. The van der Waals surface area contributed by atoms with Crippen LogP contribution in [0.15, 0.2) is 12.3 Å². The smallest absolute Gasteiger partial charge is 0.341 e. The number of aromatic nitrogens is 1. The number of esters is 1. The first-order chi connectivity index (χ1) is 9.58. The molecule has 0 spiro atoms. The lowest BCUT2D eigenvalue weighted by Gasteiger charge is -2.27. The molecule has 1 aromatic rings. The summed E-state index contributed by atoms with van der Waals surface area (Å²) in [6.07, 6.45) is 2.48. The zero-order chi connectivity index (χ0) is 14.7. The predicted molar refractivity (Wildman–Crippen MR) is 76.6 cm³/mol. The van der Waals surface area contributed by atoms with Crippen molar-refractivity contribution in [1.82, 2.24) is 4.98 Å². The monoisotopic (exact) mass is 279 g/mol. The number of aliphatic hydroxyl groups is 1. The third-order valence-electron chi connectivity index (χ3n) is 3.72. The summed E-state index contributed by atoms with van der Waals surface area (Å²) in [6, 6.07) is 1.55. The number of anilines is 2. The number of rotatable bonds is 4. The van der Waals surface area contributed by atoms with Gasteiger partial charge in [0.2, 0.25) is 0 Å². The average molecular weight is 279 g/mol. The molecule has 6 heteroatoms. The van der Waals surface area contributed by atoms with Gasteiger partial charge in [-0.2, -0.15) is 0 Å². The van der Waals surface area contributed by atoms with E-state index in [1.165, 1.54) is 6.20 Å². The van der Waals surface area contributed by atoms with Crippen LogP contribution in [0.25, 0.3) is 0 Å². The van der Waals surface area contributed by atoms with Gasteiger partial charge in [-0.15, -0.1) is 0 Å². The predicted octanol–water partition coefficient (Wildman–Crippen LogP) is 1.05. The highest BCUT2D eigenvalue weighted by atomic mass is 16.5. The van der Waals surface area contributed by atoms with E-state index < -0.39 is 5.97 Å². The molecule has 1 aliphatic rings. The van der Waals surface area contributed by atoms with Crippen LogP contribution in [0.3, 0.4) is 0 Å². The van der Waals surface area contributed by atoms with E-state index in [-0.39, 0.29) is 12.6 Å². The van der Waals surface area contributed by atoms with Gasteiger partial charge in [-0.3, -0.25) is 0 Å². The summed E-state index contributed by atoms with van der Waals surface area (Å²) < 4.78 is 5.06. The number of nitrogens with two attached hydrogens (primary N) is 1. The van der Waals surface area contributed by atoms with Gasteiger partial charge >= 0.3 is 5.97 Å². The Kier molecular flexibility index (Phi) is 4.44. The van der Waals surface area contributed by atoms with Crippen LogP contribution in [-0.2, 0) is 4.74 Å². The molecule has 0 bridgehead atoms. The molecule has 0 aliphatic carbocycles. The largest absolute Gasteiger partial charge is 0.462 e. The SMILES string of the molecule is CCOC(=O)c1cc(N)cnc1N1CCC(C)C1CO. The first kappa shape index (κ1) is 14.6. The van der Waals surface area contributed by atoms with Crippen LogP contribution in [0, 0.1) is 5.92 Å². The first-order valence-electron chi connectivity index (χ1n) is 6.88. The first-order valence-corrected chi connectivity index (χ1v) is 6.88. The number of nitrogens with zero attached hydrogens (tertiary/aromatic N) is 2. The summed E-state index contributed by atoms with van der Waals surface area (Å²) in [4.78, 5) is 18.3. The topological polar surface area (TPSA) is 88.7 Å². The maximum absolute atomic E-state index is 12.0. The Labute approximate surface area is 118 Å². The Balaban J connectivity index is 2.38. The van der Waals surface area contributed by atoms with Crippen LogP contribution >= 0.6 is 0 Å². The van der Waals surface area contributed by atoms with Gasteiger partial charge in [0.25, 0.3) is 0 Å². The number of ether oxygens (including phenoxy) is 1. The number of aliphatic hydroxyl groups excluding tert-OH is 1. The van der Waals surface area contributed by atoms with E-state index in [9.17, 15) is 9.90 Å². The third kappa shape index (κ3) is 2.70. The van der Waals surface area contributed by atoms with E-state index in [0.29, 0.717) is 29.6 Å². The Morgan fingerprint density at radius 3 is 3.05 bits per heavy atom. The fourth-order valence-corrected chi connectivity index (χ4v) is 2.61. The molecule has 20 heavy (non-hydrogen) atoms. The van der Waals surface area contributed by atoms with Gasteiger partial charge in [-0.05, 0) is 25.3 Å². The van der Waals surface area contributed by atoms with Crippen LogP contribution in [0.4, 0.5) is 11.5 Å². The second kappa shape index (κ2) is 6.09. The Morgan fingerprint density at radius 2 is 2.40 bits per heavy atom. The molecule has 1 saturated heterocycles. The molecule has 0 aromatic carbocycles. The van der Waals surface area contributed by atoms with E-state index in [0.717, 1.165) is 13.0 Å². The van der Waals surface area contributed by atoms with Crippen LogP contribution in [-0.4, -0.2) is 41.9 Å². The zero-order valence-electron chi connectivity index (χ0n) is 11.9. The lowest BCUT2D eigenvalue weighted by molar-refractivity contribution is 0.0526. The van der Waals surface area contributed by atoms with E-state index >= 15 is 0 Å². The summed E-state index contributed by atoms with van der Waals surface area (Å²) >= 11 is 0. The van der Waals surface area contributed by atoms with Gasteiger partial charge in [0.15, 0.2) is 0 Å². The number of pyridine rings is 1. The highest BCUT2D eigenvalue weighted by Gasteiger charge is 2.33. The number of hydrogen-bond donors (Lipinski definition) is 2. The van der Waals surface area contributed by atoms with Crippen molar-refractivity contribution >= 4 is 17.5 Å². The van der Waals surface area contributed by atoms with Crippen LogP contribution in [0.5, 0.6) is 0 Å². The lowest BCUT2D eigenvalue weighted by atomic mass is 10.0. The summed E-state index contributed by atoms with van der Waals surface area (Å²) in [5, 5.41) is 9.55. The van der Waals surface area contributed by atoms with Crippen molar-refractivity contribution in [3.63, 3.8) is 0 Å². The van der Waals surface area contributed by atoms with Crippen LogP contribution < -0.4 is 10.6 Å². The molecule has 2 atom stereocenters. The van der Waals surface area contributed by atoms with Gasteiger partial charge in [0, 0.05) is 6.54 Å². The average Bonchev–Trinajstić information content (AvgIpc) is 2.80. The van der Waals surface area contributed by atoms with Crippen molar-refractivity contribution < 1.29 is 14.6 Å². The third-order valence-corrected chi connectivity index (χ3v) is 3.72. The molecule has 1 fully saturated rings. The molecule has 6 nitrogen and oxygen atoms in total. The van der Waals surface area contributed by atoms with Gasteiger partial charge < -0.3 is 20.5 Å². The van der Waals surface area contributed by atoms with Crippen LogP contribution in [0.2, 0.25) is 0 Å². The highest BCUT2D eigenvalue weighted by molar-refractivity contribution is 5.95. The molecule has 2 rings (SSSR count). The molecular formula is C14H21N3O3. The standard InChI is InChI=1S/C14H21N3O3/c1-3-20-14(19)11-6-10(15)7-16-13(11)17-5-4-9(2)12(17)8-18/h6-7,9,12,18H,3-5,8,15H2,1-2H3. The minimum Gasteiger partial charge on any atom is -0.462 e. The molecule has 3 N–H and O–H groups in total. The zero-order valence-corrected chi connectivity index (χ0v) is 11.9. The van der Waals surface area contributed by atoms with Gasteiger partial charge in [0.05, 0.1) is 31.1 Å². The van der Waals surface area contributed by atoms with Crippen molar-refractivity contribution in [2.45, 2.75) is 26.3 Å². The second-order valence-electron chi connectivity index (χ2n) is 5.07. The molecule has 110 valence electrons. The lowest BCUT2D eigenvalue weighted by Crippen LogP contribution is -2.36. The number of hydrogen-bond acceptors (Lipinski definition) is 6. The molecule has 2 heterocycles. The molecule has 1 aromatic heterocycles. The van der Waals surface area contributed by atoms with E-state index in [1.807, 2.05) is 4.90 Å². The van der Waals surface area contributed by atoms with Crippen molar-refractivity contribution in [3.05, 3.63) is 17.8 Å². The molecule has 0 saturated carbocycles. The van der Waals surface area contributed by atoms with Crippen molar-refractivity contribution in [2.24, 2.45) is 5.92 Å². The minimum atomic E-state index is -0.432. The van der Waals surface area contributed by atoms with Gasteiger partial charge in [-0.25, -0.2) is 9.78 Å². The Morgan fingerprint density at radius 1 is 1.65 bits per heavy atom. The maximum Gasteiger partial charge on any atom is 0.341 e. The molecular weight excluding hydrogens is 258 g/mol. The van der Waals surface area contributed by atoms with Gasteiger partial charge in [0.1, 0.15) is 11.4 Å². The fourth-order valence-electron chi connectivity index (χ4n) is 2.61. The summed E-state index contributed by atoms with van der Waals surface area (Å²) in [6.45, 7) is 4.94. The van der Waals surface area contributed by atoms with E-state index in [2.05, 4.69) is 11.9 Å². The van der Waals surface area contributed by atoms with Crippen molar-refractivity contribution in [1.29, 1.82) is 0 Å². The number of carbonyl (C=O) groups excluding carboxylic acids is 1. The molecule has 0 amide bonds. The minimum absolute atomic E-state index is 0.0284. The summed E-state index contributed by atoms with van der Waals surface area (Å²) in [5.41, 5.74) is 6.50. The number of carbonyl (C=O) groups is 1. The number of nitrogen functional groups attached to an aromatic ring is 1. The quantitative estimate of drug-likeness (QED) is 0.801. The normalized spacial score (nSPS) is 22.1. The summed E-state index contributed by atoms with van der Waals surface area (Å²) in [5.74, 6) is 0.467.